The molecule has 3 nitrogen and oxygen atoms in total. The third-order valence-corrected chi connectivity index (χ3v) is 6.86. The first-order chi connectivity index (χ1) is 12.8. The molecule has 2 heterocycles. The normalized spacial score (nSPS) is 18.2. The number of carbonyl (C=O) groups is 1. The topological polar surface area (TPSA) is 32.3 Å². The van der Waals surface area contributed by atoms with E-state index in [0.717, 1.165) is 24.2 Å². The van der Waals surface area contributed by atoms with E-state index in [1.54, 1.807) is 0 Å². The molecule has 4 rings (SSSR count). The fourth-order valence-electron chi connectivity index (χ4n) is 4.15. The molecule has 1 fully saturated rings. The number of benzene rings is 1. The van der Waals surface area contributed by atoms with E-state index in [1.165, 1.54) is 73.4 Å². The zero-order valence-corrected chi connectivity index (χ0v) is 16.2. The molecule has 1 N–H and O–H groups in total. The Labute approximate surface area is 160 Å². The number of fused-ring (bicyclic) bond motifs is 1. The lowest BCUT2D eigenvalue weighted by Gasteiger charge is -2.20. The van der Waals surface area contributed by atoms with E-state index in [1.807, 2.05) is 41.7 Å². The lowest BCUT2D eigenvalue weighted by Crippen LogP contribution is -2.24. The van der Waals surface area contributed by atoms with Gasteiger partial charge in [-0.3, -0.25) is 9.69 Å². The number of hydrogen-bond donors (Lipinski definition) is 1. The molecule has 4 heteroatoms. The second-order valence-electron chi connectivity index (χ2n) is 7.52. The van der Waals surface area contributed by atoms with Crippen molar-refractivity contribution in [2.75, 3.05) is 18.4 Å². The van der Waals surface area contributed by atoms with Crippen LogP contribution in [0, 0.1) is 0 Å². The molecule has 1 aromatic heterocycles. The van der Waals surface area contributed by atoms with Crippen LogP contribution in [0.4, 0.5) is 5.69 Å². The number of thiophene rings is 1. The highest BCUT2D eigenvalue weighted by Crippen LogP contribution is 2.39. The van der Waals surface area contributed by atoms with Gasteiger partial charge in [-0.1, -0.05) is 31.0 Å². The van der Waals surface area contributed by atoms with Crippen molar-refractivity contribution in [1.82, 2.24) is 4.90 Å². The third kappa shape index (κ3) is 4.02. The smallest absolute Gasteiger partial charge is 0.255 e. The van der Waals surface area contributed by atoms with Crippen molar-refractivity contribution >= 4 is 22.9 Å². The molecule has 1 aliphatic carbocycles. The highest BCUT2D eigenvalue weighted by Gasteiger charge is 2.24. The maximum absolute atomic E-state index is 12.8. The van der Waals surface area contributed by atoms with Gasteiger partial charge in [-0.05, 0) is 69.3 Å². The summed E-state index contributed by atoms with van der Waals surface area (Å²) >= 11 is 1.94. The van der Waals surface area contributed by atoms with Gasteiger partial charge in [0.05, 0.1) is 5.69 Å². The Hall–Kier alpha value is -1.65. The van der Waals surface area contributed by atoms with E-state index in [-0.39, 0.29) is 5.91 Å². The number of amides is 1. The Morgan fingerprint density at radius 2 is 1.69 bits per heavy atom. The molecule has 2 aromatic rings. The van der Waals surface area contributed by atoms with Crippen LogP contribution in [0.25, 0.3) is 0 Å². The molecule has 0 spiro atoms. The molecular weight excluding hydrogens is 340 g/mol. The summed E-state index contributed by atoms with van der Waals surface area (Å²) in [6.07, 6.45) is 10.1. The van der Waals surface area contributed by atoms with E-state index < -0.39 is 0 Å². The molecule has 2 aliphatic rings. The van der Waals surface area contributed by atoms with Gasteiger partial charge in [-0.15, -0.1) is 11.3 Å². The SMILES string of the molecule is O=C(Nc1c(CN2CCCCCC2)sc2c1CCCC2)c1ccccc1. The number of aryl methyl sites for hydroxylation is 1. The van der Waals surface area contributed by atoms with Crippen LogP contribution in [-0.2, 0) is 19.4 Å². The molecule has 0 bridgehead atoms. The van der Waals surface area contributed by atoms with Gasteiger partial charge >= 0.3 is 0 Å². The minimum absolute atomic E-state index is 0.0221. The van der Waals surface area contributed by atoms with Gasteiger partial charge in [0.1, 0.15) is 0 Å². The summed E-state index contributed by atoms with van der Waals surface area (Å²) in [5.41, 5.74) is 3.28. The van der Waals surface area contributed by atoms with Crippen LogP contribution in [0.5, 0.6) is 0 Å². The number of rotatable bonds is 4. The number of carbonyl (C=O) groups excluding carboxylic acids is 1. The molecule has 0 saturated carbocycles. The van der Waals surface area contributed by atoms with Gasteiger partial charge in [0, 0.05) is 21.9 Å². The van der Waals surface area contributed by atoms with Crippen molar-refractivity contribution < 1.29 is 4.79 Å². The summed E-state index contributed by atoms with van der Waals surface area (Å²) in [4.78, 5) is 18.2. The lowest BCUT2D eigenvalue weighted by atomic mass is 9.97. The molecule has 0 unspecified atom stereocenters. The first-order valence-electron chi connectivity index (χ1n) is 10.0. The summed E-state index contributed by atoms with van der Waals surface area (Å²) < 4.78 is 0. The van der Waals surface area contributed by atoms with E-state index in [9.17, 15) is 4.79 Å². The van der Waals surface area contributed by atoms with E-state index in [4.69, 9.17) is 0 Å². The van der Waals surface area contributed by atoms with E-state index in [2.05, 4.69) is 10.2 Å². The van der Waals surface area contributed by atoms with Crippen molar-refractivity contribution in [1.29, 1.82) is 0 Å². The quantitative estimate of drug-likeness (QED) is 0.799. The molecule has 0 radical (unpaired) electrons. The van der Waals surface area contributed by atoms with Crippen LogP contribution in [0.1, 0.15) is 64.2 Å². The summed E-state index contributed by atoms with van der Waals surface area (Å²) in [5.74, 6) is 0.0221. The van der Waals surface area contributed by atoms with Crippen LogP contribution in [-0.4, -0.2) is 23.9 Å². The Morgan fingerprint density at radius 3 is 2.46 bits per heavy atom. The predicted molar refractivity (Wildman–Crippen MR) is 109 cm³/mol. The highest BCUT2D eigenvalue weighted by atomic mass is 32.1. The minimum atomic E-state index is 0.0221. The van der Waals surface area contributed by atoms with Crippen molar-refractivity contribution in [3.05, 3.63) is 51.2 Å². The second kappa shape index (κ2) is 8.36. The van der Waals surface area contributed by atoms with Crippen LogP contribution >= 0.6 is 11.3 Å². The molecule has 1 amide bonds. The molecule has 138 valence electrons. The molecule has 0 atom stereocenters. The number of nitrogens with one attached hydrogen (secondary N) is 1. The fraction of sp³-hybridized carbons (Fsp3) is 0.500. The largest absolute Gasteiger partial charge is 0.321 e. The van der Waals surface area contributed by atoms with Crippen molar-refractivity contribution in [2.24, 2.45) is 0 Å². The van der Waals surface area contributed by atoms with Crippen LogP contribution < -0.4 is 5.32 Å². The van der Waals surface area contributed by atoms with E-state index >= 15 is 0 Å². The average molecular weight is 369 g/mol. The number of likely N-dealkylation sites (tertiary alicyclic amines) is 1. The second-order valence-corrected chi connectivity index (χ2v) is 8.71. The molecule has 26 heavy (non-hydrogen) atoms. The van der Waals surface area contributed by atoms with Crippen molar-refractivity contribution in [3.8, 4) is 0 Å². The lowest BCUT2D eigenvalue weighted by molar-refractivity contribution is 0.102. The number of hydrogen-bond acceptors (Lipinski definition) is 3. The summed E-state index contributed by atoms with van der Waals surface area (Å²) in [7, 11) is 0. The van der Waals surface area contributed by atoms with Crippen molar-refractivity contribution in [3.63, 3.8) is 0 Å². The van der Waals surface area contributed by atoms with Gasteiger partial charge in [0.2, 0.25) is 0 Å². The monoisotopic (exact) mass is 368 g/mol. The summed E-state index contributed by atoms with van der Waals surface area (Å²) in [5, 5.41) is 3.28. The highest BCUT2D eigenvalue weighted by molar-refractivity contribution is 7.12. The Balaban J connectivity index is 1.59. The maximum atomic E-state index is 12.8. The Kier molecular flexibility index (Phi) is 5.71. The van der Waals surface area contributed by atoms with E-state index in [0.29, 0.717) is 0 Å². The molecule has 1 saturated heterocycles. The molecule has 1 aliphatic heterocycles. The average Bonchev–Trinajstić information content (AvgIpc) is 2.84. The zero-order valence-electron chi connectivity index (χ0n) is 15.4. The Bertz CT molecular complexity index is 745. The van der Waals surface area contributed by atoms with Crippen LogP contribution in [0.15, 0.2) is 30.3 Å². The standard InChI is InChI=1S/C22H28N2OS/c25-22(17-10-4-3-5-11-17)23-21-18-12-6-7-13-19(18)26-20(21)16-24-14-8-1-2-9-15-24/h3-5,10-11H,1-2,6-9,12-16H2,(H,23,25). The minimum Gasteiger partial charge on any atom is -0.321 e. The predicted octanol–water partition coefficient (Wildman–Crippen LogP) is 5.26. The fourth-order valence-corrected chi connectivity index (χ4v) is 5.55. The van der Waals surface area contributed by atoms with Crippen LogP contribution in [0.2, 0.25) is 0 Å². The maximum Gasteiger partial charge on any atom is 0.255 e. The zero-order chi connectivity index (χ0) is 17.8. The number of nitrogens with zero attached hydrogens (tertiary/aromatic N) is 1. The van der Waals surface area contributed by atoms with Crippen molar-refractivity contribution in [2.45, 2.75) is 57.9 Å². The first-order valence-corrected chi connectivity index (χ1v) is 10.8. The van der Waals surface area contributed by atoms with Gasteiger partial charge in [0.25, 0.3) is 5.91 Å². The molecular formula is C22H28N2OS. The first kappa shape index (κ1) is 17.7. The van der Waals surface area contributed by atoms with Gasteiger partial charge in [-0.2, -0.15) is 0 Å². The Morgan fingerprint density at radius 1 is 0.962 bits per heavy atom. The number of anilines is 1. The molecule has 1 aromatic carbocycles. The van der Waals surface area contributed by atoms with Gasteiger partial charge < -0.3 is 5.32 Å². The summed E-state index contributed by atoms with van der Waals surface area (Å²) in [6, 6.07) is 9.59. The van der Waals surface area contributed by atoms with Crippen LogP contribution in [0.3, 0.4) is 0 Å². The summed E-state index contributed by atoms with van der Waals surface area (Å²) in [6.45, 7) is 3.37. The van der Waals surface area contributed by atoms with Gasteiger partial charge in [-0.25, -0.2) is 0 Å². The van der Waals surface area contributed by atoms with Gasteiger partial charge in [0.15, 0.2) is 0 Å². The third-order valence-electron chi connectivity index (χ3n) is 5.58.